The molecule has 0 aliphatic carbocycles. The number of halogens is 1. The second-order valence-electron chi connectivity index (χ2n) is 6.34. The van der Waals surface area contributed by atoms with E-state index in [1.54, 1.807) is 0 Å². The van der Waals surface area contributed by atoms with E-state index in [1.165, 1.54) is 28.7 Å². The van der Waals surface area contributed by atoms with E-state index in [2.05, 4.69) is 27.6 Å². The summed E-state index contributed by atoms with van der Waals surface area (Å²) in [4.78, 5) is 12.8. The number of amides is 1. The van der Waals surface area contributed by atoms with Crippen LogP contribution in [-0.4, -0.2) is 28.4 Å². The predicted molar refractivity (Wildman–Crippen MR) is 119 cm³/mol. The van der Waals surface area contributed by atoms with Crippen molar-refractivity contribution in [1.82, 2.24) is 15.5 Å². The highest BCUT2D eigenvalue weighted by Gasteiger charge is 2.18. The van der Waals surface area contributed by atoms with Crippen LogP contribution in [0.25, 0.3) is 20.9 Å². The average molecular weight is 444 g/mol. The van der Waals surface area contributed by atoms with E-state index in [9.17, 15) is 4.79 Å². The fourth-order valence-electron chi connectivity index (χ4n) is 2.85. The van der Waals surface area contributed by atoms with Crippen LogP contribution in [0, 0.1) is 0 Å². The van der Waals surface area contributed by atoms with Gasteiger partial charge in [0, 0.05) is 16.6 Å². The van der Waals surface area contributed by atoms with Gasteiger partial charge in [0.25, 0.3) is 11.1 Å². The fourth-order valence-corrected chi connectivity index (χ4v) is 4.88. The number of nitrogens with zero attached hydrogens (tertiary/aromatic N) is 2. The first-order valence-corrected chi connectivity index (χ1v) is 11.3. The van der Waals surface area contributed by atoms with Gasteiger partial charge in [0.2, 0.25) is 5.91 Å². The maximum Gasteiger partial charge on any atom is 0.277 e. The van der Waals surface area contributed by atoms with Gasteiger partial charge in [-0.05, 0) is 24.5 Å². The van der Waals surface area contributed by atoms with Crippen molar-refractivity contribution in [2.45, 2.75) is 18.1 Å². The van der Waals surface area contributed by atoms with Crippen LogP contribution >= 0.6 is 34.7 Å². The lowest BCUT2D eigenvalue weighted by molar-refractivity contribution is -0.118. The molecule has 29 heavy (non-hydrogen) atoms. The fraction of sp³-hybridized carbons (Fsp3) is 0.190. The van der Waals surface area contributed by atoms with Crippen LogP contribution < -0.4 is 5.32 Å². The highest BCUT2D eigenvalue weighted by Crippen LogP contribution is 2.41. The second kappa shape index (κ2) is 9.43. The highest BCUT2D eigenvalue weighted by molar-refractivity contribution is 7.99. The molecule has 5 nitrogen and oxygen atoms in total. The first kappa shape index (κ1) is 19.9. The van der Waals surface area contributed by atoms with Gasteiger partial charge in [-0.25, -0.2) is 0 Å². The Morgan fingerprint density at radius 3 is 2.72 bits per heavy atom. The van der Waals surface area contributed by atoms with Gasteiger partial charge in [-0.1, -0.05) is 71.9 Å². The molecule has 2 aromatic heterocycles. The minimum atomic E-state index is -0.0530. The van der Waals surface area contributed by atoms with Gasteiger partial charge in [0.1, 0.15) is 4.88 Å². The standard InChI is InChI=1S/C21H18ClN3O2S2/c22-18-15-10-4-5-11-16(15)29-19(18)20-24-25-21(27-20)28-13-17(26)23-12-6-9-14-7-2-1-3-8-14/h1-5,7-8,10-11H,6,9,12-13H2,(H,23,26). The van der Waals surface area contributed by atoms with E-state index >= 15 is 0 Å². The monoisotopic (exact) mass is 443 g/mol. The molecular weight excluding hydrogens is 426 g/mol. The minimum absolute atomic E-state index is 0.0530. The first-order valence-electron chi connectivity index (χ1n) is 9.15. The van der Waals surface area contributed by atoms with E-state index in [-0.39, 0.29) is 11.7 Å². The summed E-state index contributed by atoms with van der Waals surface area (Å²) in [5.41, 5.74) is 1.27. The van der Waals surface area contributed by atoms with Crippen molar-refractivity contribution in [1.29, 1.82) is 0 Å². The van der Waals surface area contributed by atoms with Gasteiger partial charge in [-0.3, -0.25) is 4.79 Å². The molecule has 1 N–H and O–H groups in total. The van der Waals surface area contributed by atoms with Gasteiger partial charge in [-0.2, -0.15) is 0 Å². The van der Waals surface area contributed by atoms with Crippen molar-refractivity contribution < 1.29 is 9.21 Å². The maximum atomic E-state index is 12.0. The Labute approximate surface area is 181 Å². The molecule has 0 aliphatic heterocycles. The molecule has 0 saturated heterocycles. The molecule has 2 heterocycles. The number of aromatic nitrogens is 2. The smallest absolute Gasteiger partial charge is 0.277 e. The zero-order valence-electron chi connectivity index (χ0n) is 15.4. The molecule has 4 rings (SSSR count). The molecule has 0 bridgehead atoms. The van der Waals surface area contributed by atoms with E-state index < -0.39 is 0 Å². The van der Waals surface area contributed by atoms with E-state index in [4.69, 9.17) is 16.0 Å². The Morgan fingerprint density at radius 2 is 1.90 bits per heavy atom. The molecule has 0 unspecified atom stereocenters. The summed E-state index contributed by atoms with van der Waals surface area (Å²) in [6.07, 6.45) is 1.84. The predicted octanol–water partition coefficient (Wildman–Crippen LogP) is 5.45. The number of hydrogen-bond donors (Lipinski definition) is 1. The van der Waals surface area contributed by atoms with Gasteiger partial charge < -0.3 is 9.73 Å². The molecule has 148 valence electrons. The van der Waals surface area contributed by atoms with E-state index in [0.717, 1.165) is 27.8 Å². The molecule has 4 aromatic rings. The molecule has 0 atom stereocenters. The number of nitrogens with one attached hydrogen (secondary N) is 1. The first-order chi connectivity index (χ1) is 14.2. The summed E-state index contributed by atoms with van der Waals surface area (Å²) in [7, 11) is 0. The molecule has 2 aromatic carbocycles. The van der Waals surface area contributed by atoms with Crippen LogP contribution in [0.15, 0.2) is 64.2 Å². The Bertz CT molecular complexity index is 1110. The molecule has 0 aliphatic rings. The van der Waals surface area contributed by atoms with Crippen molar-refractivity contribution >= 4 is 50.7 Å². The van der Waals surface area contributed by atoms with Gasteiger partial charge in [-0.15, -0.1) is 21.5 Å². The number of hydrogen-bond acceptors (Lipinski definition) is 6. The van der Waals surface area contributed by atoms with Crippen molar-refractivity contribution in [3.05, 3.63) is 65.2 Å². The molecular formula is C21H18ClN3O2S2. The third kappa shape index (κ3) is 4.98. The summed E-state index contributed by atoms with van der Waals surface area (Å²) < 4.78 is 6.77. The Morgan fingerprint density at radius 1 is 1.10 bits per heavy atom. The largest absolute Gasteiger partial charge is 0.410 e. The lowest BCUT2D eigenvalue weighted by atomic mass is 10.1. The molecule has 1 amide bonds. The number of carbonyl (C=O) groups excluding carboxylic acids is 1. The number of rotatable bonds is 8. The summed E-state index contributed by atoms with van der Waals surface area (Å²) in [6, 6.07) is 18.1. The summed E-state index contributed by atoms with van der Waals surface area (Å²) in [6.45, 7) is 0.640. The lowest BCUT2D eigenvalue weighted by Gasteiger charge is -2.04. The third-order valence-electron chi connectivity index (χ3n) is 4.27. The highest BCUT2D eigenvalue weighted by atomic mass is 35.5. The Balaban J connectivity index is 1.27. The topological polar surface area (TPSA) is 68.0 Å². The number of fused-ring (bicyclic) bond motifs is 1. The number of thioether (sulfide) groups is 1. The Hall–Kier alpha value is -2.35. The molecule has 8 heteroatoms. The summed E-state index contributed by atoms with van der Waals surface area (Å²) in [5.74, 6) is 0.553. The molecule has 0 radical (unpaired) electrons. The van der Waals surface area contributed by atoms with Gasteiger partial charge >= 0.3 is 0 Å². The number of aryl methyl sites for hydroxylation is 1. The van der Waals surface area contributed by atoms with E-state index in [1.807, 2.05) is 42.5 Å². The quantitative estimate of drug-likeness (QED) is 0.290. The number of benzene rings is 2. The van der Waals surface area contributed by atoms with Crippen LogP contribution in [-0.2, 0) is 11.2 Å². The number of thiophene rings is 1. The van der Waals surface area contributed by atoms with Crippen LogP contribution in [0.1, 0.15) is 12.0 Å². The maximum absolute atomic E-state index is 12.0. The van der Waals surface area contributed by atoms with Crippen molar-refractivity contribution in [2.75, 3.05) is 12.3 Å². The molecule has 0 fully saturated rings. The van der Waals surface area contributed by atoms with Gasteiger partial charge in [0.05, 0.1) is 10.8 Å². The lowest BCUT2D eigenvalue weighted by Crippen LogP contribution is -2.26. The summed E-state index contributed by atoms with van der Waals surface area (Å²) in [5, 5.41) is 13.0. The second-order valence-corrected chi connectivity index (χ2v) is 8.70. The third-order valence-corrected chi connectivity index (χ3v) is 6.75. The zero-order chi connectivity index (χ0) is 20.1. The van der Waals surface area contributed by atoms with Crippen molar-refractivity contribution in [2.24, 2.45) is 0 Å². The van der Waals surface area contributed by atoms with Crippen LogP contribution in [0.5, 0.6) is 0 Å². The normalized spacial score (nSPS) is 11.1. The average Bonchev–Trinajstić information content (AvgIpc) is 3.35. The summed E-state index contributed by atoms with van der Waals surface area (Å²) >= 11 is 9.19. The van der Waals surface area contributed by atoms with Crippen LogP contribution in [0.2, 0.25) is 5.02 Å². The van der Waals surface area contributed by atoms with E-state index in [0.29, 0.717) is 22.7 Å². The minimum Gasteiger partial charge on any atom is -0.410 e. The molecule has 0 saturated carbocycles. The van der Waals surface area contributed by atoms with Crippen LogP contribution in [0.4, 0.5) is 0 Å². The van der Waals surface area contributed by atoms with Crippen LogP contribution in [0.3, 0.4) is 0 Å². The Kier molecular flexibility index (Phi) is 6.49. The molecule has 0 spiro atoms. The van der Waals surface area contributed by atoms with Crippen molar-refractivity contribution in [3.8, 4) is 10.8 Å². The number of carbonyl (C=O) groups is 1. The van der Waals surface area contributed by atoms with Gasteiger partial charge in [0.15, 0.2) is 0 Å². The van der Waals surface area contributed by atoms with Crippen molar-refractivity contribution in [3.63, 3.8) is 0 Å². The SMILES string of the molecule is O=C(CSc1nnc(-c2sc3ccccc3c2Cl)o1)NCCCc1ccccc1. The zero-order valence-corrected chi connectivity index (χ0v) is 17.8.